The minimum atomic E-state index is -0.315. The summed E-state index contributed by atoms with van der Waals surface area (Å²) in [5.74, 6) is -0.193. The molecule has 0 spiro atoms. The van der Waals surface area contributed by atoms with Gasteiger partial charge < -0.3 is 5.32 Å². The largest absolute Gasteiger partial charge is 0.325 e. The molecule has 1 N–H and O–H groups in total. The third kappa shape index (κ3) is 2.26. The smallest absolute Gasteiger partial charge is 0.244 e. The van der Waals surface area contributed by atoms with Crippen LogP contribution < -0.4 is 5.32 Å². The Hall–Kier alpha value is -2.17. The van der Waals surface area contributed by atoms with E-state index in [0.717, 1.165) is 24.8 Å². The molecular weight excluding hydrogens is 292 g/mol. The van der Waals surface area contributed by atoms with Gasteiger partial charge in [0.15, 0.2) is 0 Å². The molecule has 1 heterocycles. The zero-order chi connectivity index (χ0) is 16.1. The summed E-state index contributed by atoms with van der Waals surface area (Å²) in [7, 11) is 0. The van der Waals surface area contributed by atoms with E-state index < -0.39 is 0 Å². The number of rotatable bonds is 3. The molecule has 5 heteroatoms. The summed E-state index contributed by atoms with van der Waals surface area (Å²) >= 11 is 0. The van der Waals surface area contributed by atoms with E-state index in [-0.39, 0.29) is 36.1 Å². The molecule has 1 aliphatic heterocycles. The number of aryl methyl sites for hydroxylation is 1. The Bertz CT molecular complexity index is 671. The normalized spacial score (nSPS) is 31.6. The Morgan fingerprint density at radius 2 is 1.83 bits per heavy atom. The highest BCUT2D eigenvalue weighted by Gasteiger charge is 2.60. The molecule has 3 amide bonds. The van der Waals surface area contributed by atoms with Crippen molar-refractivity contribution in [1.29, 1.82) is 0 Å². The predicted octanol–water partition coefficient (Wildman–Crippen LogP) is 1.96. The summed E-state index contributed by atoms with van der Waals surface area (Å²) < 4.78 is 0. The Morgan fingerprint density at radius 3 is 2.43 bits per heavy atom. The fourth-order valence-corrected chi connectivity index (χ4v) is 4.69. The van der Waals surface area contributed by atoms with Crippen molar-refractivity contribution in [3.63, 3.8) is 0 Å². The van der Waals surface area contributed by atoms with Crippen LogP contribution in [0, 0.1) is 30.6 Å². The zero-order valence-corrected chi connectivity index (χ0v) is 13.1. The van der Waals surface area contributed by atoms with Gasteiger partial charge in [-0.3, -0.25) is 19.3 Å². The molecule has 0 unspecified atom stereocenters. The lowest BCUT2D eigenvalue weighted by Gasteiger charge is -2.19. The van der Waals surface area contributed by atoms with Crippen LogP contribution in [0.15, 0.2) is 24.3 Å². The van der Waals surface area contributed by atoms with Gasteiger partial charge in [-0.05, 0) is 55.7 Å². The second-order valence-electron chi connectivity index (χ2n) is 7.07. The number of hydrogen-bond donors (Lipinski definition) is 1. The Kier molecular flexibility index (Phi) is 3.25. The maximum absolute atomic E-state index is 12.6. The first-order valence-corrected chi connectivity index (χ1v) is 8.26. The molecule has 23 heavy (non-hydrogen) atoms. The molecule has 0 radical (unpaired) electrons. The number of imide groups is 1. The van der Waals surface area contributed by atoms with Gasteiger partial charge in [0.2, 0.25) is 17.7 Å². The third-order valence-corrected chi connectivity index (χ3v) is 5.62. The maximum Gasteiger partial charge on any atom is 0.244 e. The average Bonchev–Trinajstić information content (AvgIpc) is 3.17. The van der Waals surface area contributed by atoms with Gasteiger partial charge >= 0.3 is 0 Å². The molecule has 4 atom stereocenters. The van der Waals surface area contributed by atoms with Crippen molar-refractivity contribution >= 4 is 23.4 Å². The molecule has 1 saturated heterocycles. The SMILES string of the molecule is Cc1cccc(NC(=O)CN2C(=O)[C@H]3[C@@H]4CC[C@@H](C4)[C@@H]3C2=O)c1. The molecule has 1 aromatic carbocycles. The molecule has 4 rings (SSSR count). The van der Waals surface area contributed by atoms with Crippen LogP contribution in [0.1, 0.15) is 24.8 Å². The minimum absolute atomic E-state index is 0.133. The van der Waals surface area contributed by atoms with E-state index in [2.05, 4.69) is 5.32 Å². The van der Waals surface area contributed by atoms with Crippen molar-refractivity contribution in [2.75, 3.05) is 11.9 Å². The van der Waals surface area contributed by atoms with Crippen molar-refractivity contribution < 1.29 is 14.4 Å². The van der Waals surface area contributed by atoms with E-state index in [9.17, 15) is 14.4 Å². The minimum Gasteiger partial charge on any atom is -0.325 e. The molecule has 3 fully saturated rings. The number of carbonyl (C=O) groups excluding carboxylic acids is 3. The Balaban J connectivity index is 1.46. The summed E-state index contributed by atoms with van der Waals surface area (Å²) in [5, 5.41) is 2.77. The van der Waals surface area contributed by atoms with Crippen molar-refractivity contribution in [3.05, 3.63) is 29.8 Å². The highest BCUT2D eigenvalue weighted by Crippen LogP contribution is 2.56. The van der Waals surface area contributed by atoms with Gasteiger partial charge in [-0.15, -0.1) is 0 Å². The van der Waals surface area contributed by atoms with E-state index in [0.29, 0.717) is 17.5 Å². The number of amides is 3. The van der Waals surface area contributed by atoms with Gasteiger partial charge in [-0.1, -0.05) is 12.1 Å². The molecule has 120 valence electrons. The topological polar surface area (TPSA) is 66.5 Å². The quantitative estimate of drug-likeness (QED) is 0.868. The van der Waals surface area contributed by atoms with Gasteiger partial charge in [0.25, 0.3) is 0 Å². The summed E-state index contributed by atoms with van der Waals surface area (Å²) in [4.78, 5) is 38.5. The first-order chi connectivity index (χ1) is 11.0. The number of fused-ring (bicyclic) bond motifs is 5. The van der Waals surface area contributed by atoms with E-state index >= 15 is 0 Å². The fourth-order valence-electron chi connectivity index (χ4n) is 4.69. The van der Waals surface area contributed by atoms with Crippen LogP contribution in [0.3, 0.4) is 0 Å². The Morgan fingerprint density at radius 1 is 1.17 bits per heavy atom. The number of carbonyl (C=O) groups is 3. The average molecular weight is 312 g/mol. The summed E-state index contributed by atoms with van der Waals surface area (Å²) in [6, 6.07) is 7.47. The molecule has 0 aromatic heterocycles. The van der Waals surface area contributed by atoms with Crippen molar-refractivity contribution in [2.24, 2.45) is 23.7 Å². The van der Waals surface area contributed by atoms with Crippen molar-refractivity contribution in [3.8, 4) is 0 Å². The molecule has 3 aliphatic rings. The van der Waals surface area contributed by atoms with E-state index in [1.807, 2.05) is 25.1 Å². The monoisotopic (exact) mass is 312 g/mol. The number of anilines is 1. The van der Waals surface area contributed by atoms with Crippen LogP contribution in [-0.4, -0.2) is 29.2 Å². The maximum atomic E-state index is 12.6. The second kappa shape index (κ2) is 5.18. The predicted molar refractivity (Wildman–Crippen MR) is 84.3 cm³/mol. The van der Waals surface area contributed by atoms with Crippen LogP contribution in [0.25, 0.3) is 0 Å². The first kappa shape index (κ1) is 14.4. The van der Waals surface area contributed by atoms with Crippen LogP contribution in [-0.2, 0) is 14.4 Å². The lowest BCUT2D eigenvalue weighted by Crippen LogP contribution is -2.39. The summed E-state index contributed by atoms with van der Waals surface area (Å²) in [6.07, 6.45) is 3.11. The summed E-state index contributed by atoms with van der Waals surface area (Å²) in [6.45, 7) is 1.78. The van der Waals surface area contributed by atoms with Gasteiger partial charge in [-0.2, -0.15) is 0 Å². The van der Waals surface area contributed by atoms with Gasteiger partial charge in [0, 0.05) is 5.69 Å². The second-order valence-corrected chi connectivity index (χ2v) is 7.07. The molecule has 2 aliphatic carbocycles. The highest BCUT2D eigenvalue weighted by atomic mass is 16.2. The van der Waals surface area contributed by atoms with Crippen LogP contribution in [0.2, 0.25) is 0 Å². The lowest BCUT2D eigenvalue weighted by molar-refractivity contribution is -0.143. The number of hydrogen-bond acceptors (Lipinski definition) is 3. The van der Waals surface area contributed by atoms with Gasteiger partial charge in [0.05, 0.1) is 11.8 Å². The van der Waals surface area contributed by atoms with E-state index in [4.69, 9.17) is 0 Å². The van der Waals surface area contributed by atoms with Crippen molar-refractivity contribution in [1.82, 2.24) is 4.90 Å². The third-order valence-electron chi connectivity index (χ3n) is 5.62. The molecule has 2 bridgehead atoms. The fraction of sp³-hybridized carbons (Fsp3) is 0.500. The standard InChI is InChI=1S/C18H20N2O3/c1-10-3-2-4-13(7-10)19-14(21)9-20-17(22)15-11-5-6-12(8-11)16(15)18(20)23/h2-4,7,11-12,15-16H,5-6,8-9H2,1H3,(H,19,21)/t11-,12+,15-,16-/m0/s1. The zero-order valence-electron chi connectivity index (χ0n) is 13.1. The number of likely N-dealkylation sites (tertiary alicyclic amines) is 1. The van der Waals surface area contributed by atoms with Crippen LogP contribution >= 0.6 is 0 Å². The van der Waals surface area contributed by atoms with Crippen LogP contribution in [0.4, 0.5) is 5.69 Å². The van der Waals surface area contributed by atoms with E-state index in [1.165, 1.54) is 4.90 Å². The highest BCUT2D eigenvalue weighted by molar-refractivity contribution is 6.09. The molecule has 1 aromatic rings. The lowest BCUT2D eigenvalue weighted by atomic mass is 9.81. The number of nitrogens with zero attached hydrogens (tertiary/aromatic N) is 1. The molecular formula is C18H20N2O3. The van der Waals surface area contributed by atoms with Crippen molar-refractivity contribution in [2.45, 2.75) is 26.2 Å². The number of nitrogens with one attached hydrogen (secondary N) is 1. The van der Waals surface area contributed by atoms with Crippen LogP contribution in [0.5, 0.6) is 0 Å². The molecule has 2 saturated carbocycles. The molecule has 5 nitrogen and oxygen atoms in total. The Labute approximate surface area is 135 Å². The van der Waals surface area contributed by atoms with Gasteiger partial charge in [-0.25, -0.2) is 0 Å². The number of benzene rings is 1. The summed E-state index contributed by atoms with van der Waals surface area (Å²) in [5.41, 5.74) is 1.73. The first-order valence-electron chi connectivity index (χ1n) is 8.26. The van der Waals surface area contributed by atoms with Gasteiger partial charge in [0.1, 0.15) is 6.54 Å². The van der Waals surface area contributed by atoms with E-state index in [1.54, 1.807) is 6.07 Å².